The first-order valence-corrected chi connectivity index (χ1v) is 16.1. The summed E-state index contributed by atoms with van der Waals surface area (Å²) in [6.07, 6.45) is 10.2. The van der Waals surface area contributed by atoms with Crippen LogP contribution in [-0.4, -0.2) is 24.0 Å². The third-order valence-corrected chi connectivity index (χ3v) is 10.4. The quantitative estimate of drug-likeness (QED) is 0.342. The van der Waals surface area contributed by atoms with Crippen LogP contribution in [0.1, 0.15) is 107 Å². The molecule has 2 N–H and O–H groups in total. The lowest BCUT2D eigenvalue weighted by Gasteiger charge is -2.46. The van der Waals surface area contributed by atoms with Gasteiger partial charge in [-0.05, 0) is 89.4 Å². The summed E-state index contributed by atoms with van der Waals surface area (Å²) in [4.78, 5) is 2.83. The van der Waals surface area contributed by atoms with Gasteiger partial charge in [0.25, 0.3) is 0 Å². The molecule has 1 saturated carbocycles. The molecule has 7 rings (SSSR count). The van der Waals surface area contributed by atoms with E-state index >= 15 is 0 Å². The minimum atomic E-state index is 0.137. The Balaban J connectivity index is 0.00000148. The highest BCUT2D eigenvalue weighted by Crippen LogP contribution is 2.48. The van der Waals surface area contributed by atoms with Crippen molar-refractivity contribution in [3.05, 3.63) is 101 Å². The zero-order valence-electron chi connectivity index (χ0n) is 26.0. The van der Waals surface area contributed by atoms with E-state index in [0.29, 0.717) is 11.8 Å². The molecule has 2 aliphatic heterocycles. The number of anilines is 2. The molecule has 1 saturated heterocycles. The molecule has 0 bridgehead atoms. The van der Waals surface area contributed by atoms with Crippen molar-refractivity contribution in [2.75, 3.05) is 23.7 Å². The van der Waals surface area contributed by atoms with E-state index in [1.54, 1.807) is 5.56 Å². The maximum Gasteiger partial charge on any atom is 0.123 e. The Morgan fingerprint density at radius 1 is 0.854 bits per heavy atom. The van der Waals surface area contributed by atoms with Crippen LogP contribution >= 0.6 is 0 Å². The van der Waals surface area contributed by atoms with E-state index in [0.717, 1.165) is 6.04 Å². The van der Waals surface area contributed by atoms with Gasteiger partial charge in [0.1, 0.15) is 6.17 Å². The number of nitrogens with zero attached hydrogens (tertiary/aromatic N) is 1. The van der Waals surface area contributed by atoms with Crippen molar-refractivity contribution in [3.63, 3.8) is 0 Å². The van der Waals surface area contributed by atoms with Crippen LogP contribution in [0.2, 0.25) is 0 Å². The molecule has 0 radical (unpaired) electrons. The number of rotatable bonds is 3. The second-order valence-corrected chi connectivity index (χ2v) is 13.7. The molecule has 2 fully saturated rings. The summed E-state index contributed by atoms with van der Waals surface area (Å²) in [7, 11) is 0. The maximum absolute atomic E-state index is 3.71. The zero-order chi connectivity index (χ0) is 28.8. The smallest absolute Gasteiger partial charge is 0.123 e. The van der Waals surface area contributed by atoms with E-state index in [4.69, 9.17) is 0 Å². The van der Waals surface area contributed by atoms with Gasteiger partial charge in [-0.3, -0.25) is 0 Å². The van der Waals surface area contributed by atoms with Gasteiger partial charge in [0.15, 0.2) is 0 Å². The summed E-state index contributed by atoms with van der Waals surface area (Å²) >= 11 is 0. The number of benzene rings is 3. The van der Waals surface area contributed by atoms with Crippen molar-refractivity contribution < 1.29 is 0 Å². The molecule has 3 aromatic carbocycles. The Labute approximate surface area is 248 Å². The van der Waals surface area contributed by atoms with Crippen molar-refractivity contribution in [2.45, 2.75) is 96.2 Å². The van der Waals surface area contributed by atoms with Gasteiger partial charge in [-0.15, -0.1) is 0 Å². The zero-order valence-corrected chi connectivity index (χ0v) is 26.0. The van der Waals surface area contributed by atoms with Crippen LogP contribution in [0.25, 0.3) is 6.08 Å². The van der Waals surface area contributed by atoms with Crippen LogP contribution in [0, 0.1) is 5.92 Å². The first kappa shape index (κ1) is 28.1. The Bertz CT molecular complexity index is 1400. The summed E-state index contributed by atoms with van der Waals surface area (Å²) in [5, 5.41) is 7.39. The monoisotopic (exact) mass is 547 g/mol. The highest BCUT2D eigenvalue weighted by atomic mass is 15.2. The summed E-state index contributed by atoms with van der Waals surface area (Å²) < 4.78 is 0. The lowest BCUT2D eigenvalue weighted by Crippen LogP contribution is -2.50. The Morgan fingerprint density at radius 3 is 2.34 bits per heavy atom. The number of nitrogens with one attached hydrogen (secondary N) is 2. The molecule has 1 spiro atoms. The van der Waals surface area contributed by atoms with Crippen LogP contribution in [0.4, 0.5) is 11.4 Å². The van der Waals surface area contributed by atoms with Gasteiger partial charge in [0.2, 0.25) is 0 Å². The van der Waals surface area contributed by atoms with Gasteiger partial charge in [0, 0.05) is 18.0 Å². The van der Waals surface area contributed by atoms with Crippen molar-refractivity contribution in [1.82, 2.24) is 4.90 Å². The van der Waals surface area contributed by atoms with Crippen molar-refractivity contribution >= 4 is 17.5 Å². The number of allylic oxidation sites excluding steroid dienone is 1. The molecular formula is C38H49N3. The number of hydrogen-bond donors (Lipinski definition) is 2. The topological polar surface area (TPSA) is 27.3 Å². The first-order chi connectivity index (χ1) is 19.8. The molecule has 3 heteroatoms. The van der Waals surface area contributed by atoms with Gasteiger partial charge >= 0.3 is 0 Å². The molecule has 5 unspecified atom stereocenters. The molecule has 0 amide bonds. The van der Waals surface area contributed by atoms with Crippen LogP contribution in [0.3, 0.4) is 0 Å². The Hall–Kier alpha value is -3.04. The fourth-order valence-electron chi connectivity index (χ4n) is 7.88. The molecule has 3 nitrogen and oxygen atoms in total. The molecule has 3 aromatic rings. The SMILES string of the molecule is CC.CC1CN(C2CCC(c3ccc(C4Nc5ccc(C(C)(C)C)cc5N4)cc3)C2)CCC12C=Cc1ccccc12. The van der Waals surface area contributed by atoms with Crippen LogP contribution in [0.15, 0.2) is 72.8 Å². The fourth-order valence-corrected chi connectivity index (χ4v) is 7.88. The molecule has 41 heavy (non-hydrogen) atoms. The molecule has 216 valence electrons. The van der Waals surface area contributed by atoms with Crippen LogP contribution in [0.5, 0.6) is 0 Å². The average molecular weight is 548 g/mol. The highest BCUT2D eigenvalue weighted by molar-refractivity contribution is 5.76. The van der Waals surface area contributed by atoms with Gasteiger partial charge in [0.05, 0.1) is 11.4 Å². The van der Waals surface area contributed by atoms with E-state index in [9.17, 15) is 0 Å². The molecule has 2 heterocycles. The van der Waals surface area contributed by atoms with E-state index in [2.05, 4.69) is 122 Å². The fraction of sp³-hybridized carbons (Fsp3) is 0.474. The van der Waals surface area contributed by atoms with E-state index in [1.165, 1.54) is 72.4 Å². The van der Waals surface area contributed by atoms with Gasteiger partial charge < -0.3 is 15.5 Å². The Morgan fingerprint density at radius 2 is 1.59 bits per heavy atom. The van der Waals surface area contributed by atoms with E-state index < -0.39 is 0 Å². The third kappa shape index (κ3) is 5.12. The van der Waals surface area contributed by atoms with Crippen LogP contribution in [-0.2, 0) is 10.8 Å². The second-order valence-electron chi connectivity index (χ2n) is 13.7. The minimum Gasteiger partial charge on any atom is -0.360 e. The first-order valence-electron chi connectivity index (χ1n) is 16.1. The normalized spacial score (nSPS) is 28.4. The van der Waals surface area contributed by atoms with Gasteiger partial charge in [-0.25, -0.2) is 0 Å². The third-order valence-electron chi connectivity index (χ3n) is 10.4. The van der Waals surface area contributed by atoms with Crippen molar-refractivity contribution in [3.8, 4) is 0 Å². The van der Waals surface area contributed by atoms with Crippen LogP contribution < -0.4 is 10.6 Å². The lowest BCUT2D eigenvalue weighted by atomic mass is 9.68. The predicted octanol–water partition coefficient (Wildman–Crippen LogP) is 9.49. The van der Waals surface area contributed by atoms with Crippen molar-refractivity contribution in [1.29, 1.82) is 0 Å². The number of piperidine rings is 1. The predicted molar refractivity (Wildman–Crippen MR) is 176 cm³/mol. The number of hydrogen-bond acceptors (Lipinski definition) is 3. The molecular weight excluding hydrogens is 498 g/mol. The van der Waals surface area contributed by atoms with E-state index in [-0.39, 0.29) is 17.0 Å². The highest BCUT2D eigenvalue weighted by Gasteiger charge is 2.45. The molecule has 0 aromatic heterocycles. The maximum atomic E-state index is 3.71. The summed E-state index contributed by atoms with van der Waals surface area (Å²) in [6.45, 7) is 15.7. The van der Waals surface area contributed by atoms with Crippen molar-refractivity contribution in [2.24, 2.45) is 5.92 Å². The lowest BCUT2D eigenvalue weighted by molar-refractivity contribution is 0.0898. The summed E-state index contributed by atoms with van der Waals surface area (Å²) in [5.74, 6) is 1.33. The summed E-state index contributed by atoms with van der Waals surface area (Å²) in [5.41, 5.74) is 10.00. The molecule has 5 atom stereocenters. The molecule has 2 aliphatic carbocycles. The van der Waals surface area contributed by atoms with E-state index in [1.807, 2.05) is 13.8 Å². The largest absolute Gasteiger partial charge is 0.360 e. The van der Waals surface area contributed by atoms with Gasteiger partial charge in [-0.2, -0.15) is 0 Å². The number of likely N-dealkylation sites (tertiary alicyclic amines) is 1. The average Bonchev–Trinajstić information content (AvgIpc) is 3.73. The molecule has 4 aliphatic rings. The minimum absolute atomic E-state index is 0.137. The number of fused-ring (bicyclic) bond motifs is 3. The Kier molecular flexibility index (Phi) is 7.53. The van der Waals surface area contributed by atoms with Gasteiger partial charge in [-0.1, -0.05) is 108 Å². The summed E-state index contributed by atoms with van der Waals surface area (Å²) in [6, 6.07) is 26.0. The standard InChI is InChI=1S/C36H43N3.C2H6/c1-24-23-39(20-19-36(24)18-17-26-7-5-6-8-31(26)36)30-15-13-28(21-30)25-9-11-27(12-10-25)34-37-32-16-14-29(35(2,3)4)22-33(32)38-34;1-2/h5-12,14,16-18,22,24,28,30,34,37-38H,13,15,19-21,23H2,1-4H3;1-2H3. The second kappa shape index (κ2) is 11.0.